The van der Waals surface area contributed by atoms with Crippen LogP contribution >= 0.6 is 0 Å². The maximum atomic E-state index is 11.2. The zero-order chi connectivity index (χ0) is 20.8. The van der Waals surface area contributed by atoms with Crippen LogP contribution in [0, 0.1) is 0 Å². The zero-order valence-electron chi connectivity index (χ0n) is 18.8. The van der Waals surface area contributed by atoms with Gasteiger partial charge in [-0.1, -0.05) is 0 Å². The van der Waals surface area contributed by atoms with E-state index in [1.54, 1.807) is 13.0 Å². The molecule has 0 aliphatic rings. The van der Waals surface area contributed by atoms with Crippen molar-refractivity contribution in [3.63, 3.8) is 0 Å². The minimum Gasteiger partial charge on any atom is -0.417 e. The van der Waals surface area contributed by atoms with E-state index < -0.39 is 33.8 Å². The molecular formula is C17H41NO4Si4. The fourth-order valence-corrected chi connectivity index (χ4v) is 17.2. The average Bonchev–Trinajstić information content (AvgIpc) is 2.26. The van der Waals surface area contributed by atoms with E-state index in [0.29, 0.717) is 0 Å². The van der Waals surface area contributed by atoms with Crippen molar-refractivity contribution in [2.45, 2.75) is 85.2 Å². The van der Waals surface area contributed by atoms with Gasteiger partial charge in [0.15, 0.2) is 30.7 Å². The molecule has 0 saturated heterocycles. The Balaban J connectivity index is 5.29. The van der Waals surface area contributed by atoms with Gasteiger partial charge in [0.05, 0.1) is 0 Å². The molecule has 5 nitrogen and oxygen atoms in total. The number of hydrogen-bond donors (Lipinski definition) is 1. The van der Waals surface area contributed by atoms with Crippen LogP contribution in [0.15, 0.2) is 11.8 Å². The lowest BCUT2D eigenvalue weighted by molar-refractivity contribution is -0.112. The second-order valence-electron chi connectivity index (χ2n) is 9.79. The van der Waals surface area contributed by atoms with Crippen LogP contribution in [0.2, 0.25) is 65.0 Å². The maximum Gasteiger partial charge on any atom is 0.469 e. The van der Waals surface area contributed by atoms with Crippen LogP contribution < -0.4 is 5.32 Å². The molecule has 0 fully saturated rings. The SMILES string of the molecule is CC(=O)C=C(C)NCCC[Si](O[Si](C)(C)C)(O[Si](C)(C)C)O[Si](C)(C)C. The first-order chi connectivity index (χ1) is 11.4. The molecular weight excluding hydrogens is 395 g/mol. The van der Waals surface area contributed by atoms with E-state index in [2.05, 4.69) is 64.2 Å². The standard InChI is InChI=1S/C17H41NO4Si4/c1-16(15-17(2)19)18-13-12-14-26(20-23(3,4)5,21-24(6,7)8)22-25(9,10)11/h15,18H,12-14H2,1-11H3. The summed E-state index contributed by atoms with van der Waals surface area (Å²) in [6.45, 7) is 24.1. The van der Waals surface area contributed by atoms with Gasteiger partial charge < -0.3 is 17.7 Å². The van der Waals surface area contributed by atoms with E-state index in [0.717, 1.165) is 24.7 Å². The van der Waals surface area contributed by atoms with Gasteiger partial charge in [-0.15, -0.1) is 0 Å². The molecule has 0 aromatic rings. The molecule has 0 aromatic carbocycles. The molecule has 0 spiro atoms. The van der Waals surface area contributed by atoms with E-state index in [1.807, 2.05) is 6.92 Å². The second kappa shape index (κ2) is 9.94. The molecule has 0 aliphatic heterocycles. The summed E-state index contributed by atoms with van der Waals surface area (Å²) >= 11 is 0. The minimum absolute atomic E-state index is 0.0601. The minimum atomic E-state index is -2.75. The Morgan fingerprint density at radius 3 is 1.50 bits per heavy atom. The Morgan fingerprint density at radius 1 is 0.808 bits per heavy atom. The molecule has 0 amide bonds. The lowest BCUT2D eigenvalue weighted by Gasteiger charge is -2.43. The molecule has 0 unspecified atom stereocenters. The average molecular weight is 436 g/mol. The molecule has 0 aromatic heterocycles. The molecule has 9 heteroatoms. The predicted octanol–water partition coefficient (Wildman–Crippen LogP) is 4.95. The van der Waals surface area contributed by atoms with Crippen LogP contribution in [0.25, 0.3) is 0 Å². The third kappa shape index (κ3) is 14.1. The molecule has 154 valence electrons. The Kier molecular flexibility index (Phi) is 9.93. The van der Waals surface area contributed by atoms with Gasteiger partial charge in [-0.3, -0.25) is 4.79 Å². The smallest absolute Gasteiger partial charge is 0.417 e. The van der Waals surface area contributed by atoms with Crippen molar-refractivity contribution in [3.05, 3.63) is 11.8 Å². The first-order valence-electron chi connectivity index (χ1n) is 9.46. The number of rotatable bonds is 12. The highest BCUT2D eigenvalue weighted by molar-refractivity contribution is 6.90. The Bertz CT molecular complexity index is 450. The van der Waals surface area contributed by atoms with Crippen LogP contribution in [0.1, 0.15) is 20.3 Å². The third-order valence-electron chi connectivity index (χ3n) is 2.87. The molecule has 0 aliphatic carbocycles. The number of nitrogens with one attached hydrogen (secondary N) is 1. The van der Waals surface area contributed by atoms with E-state index >= 15 is 0 Å². The summed E-state index contributed by atoms with van der Waals surface area (Å²) in [5.74, 6) is 0.0601. The highest BCUT2D eigenvalue weighted by atomic mass is 28.5. The second-order valence-corrected chi connectivity index (χ2v) is 26.8. The summed E-state index contributed by atoms with van der Waals surface area (Å²) in [5, 5.41) is 3.30. The highest BCUT2D eigenvalue weighted by Crippen LogP contribution is 2.29. The number of hydrogen-bond acceptors (Lipinski definition) is 5. The van der Waals surface area contributed by atoms with E-state index in [1.165, 1.54) is 0 Å². The van der Waals surface area contributed by atoms with Gasteiger partial charge in [-0.2, -0.15) is 0 Å². The zero-order valence-corrected chi connectivity index (χ0v) is 22.8. The molecule has 0 bridgehead atoms. The van der Waals surface area contributed by atoms with Gasteiger partial charge in [-0.25, -0.2) is 0 Å². The van der Waals surface area contributed by atoms with E-state index in [9.17, 15) is 4.79 Å². The van der Waals surface area contributed by atoms with Crippen molar-refractivity contribution < 1.29 is 17.1 Å². The lowest BCUT2D eigenvalue weighted by Crippen LogP contribution is -2.60. The van der Waals surface area contributed by atoms with Gasteiger partial charge in [0.1, 0.15) is 0 Å². The number of allylic oxidation sites excluding steroid dienone is 2. The van der Waals surface area contributed by atoms with Crippen molar-refractivity contribution in [1.29, 1.82) is 0 Å². The van der Waals surface area contributed by atoms with Crippen LogP contribution in [0.3, 0.4) is 0 Å². The first kappa shape index (κ1) is 26.0. The number of carbonyl (C=O) groups is 1. The van der Waals surface area contributed by atoms with Crippen molar-refractivity contribution in [2.75, 3.05) is 6.54 Å². The van der Waals surface area contributed by atoms with Crippen molar-refractivity contribution in [1.82, 2.24) is 5.32 Å². The lowest BCUT2D eigenvalue weighted by atomic mass is 10.3. The molecule has 0 radical (unpaired) electrons. The van der Waals surface area contributed by atoms with Gasteiger partial charge in [0.2, 0.25) is 0 Å². The summed E-state index contributed by atoms with van der Waals surface area (Å²) < 4.78 is 20.0. The summed E-state index contributed by atoms with van der Waals surface area (Å²) in [6, 6.07) is 0.812. The quantitative estimate of drug-likeness (QED) is 0.267. The third-order valence-corrected chi connectivity index (χ3v) is 14.9. The number of ketones is 1. The molecule has 1 N–H and O–H groups in total. The van der Waals surface area contributed by atoms with Gasteiger partial charge in [-0.05, 0) is 85.3 Å². The van der Waals surface area contributed by atoms with Gasteiger partial charge in [0, 0.05) is 18.3 Å². The Morgan fingerprint density at radius 2 is 1.19 bits per heavy atom. The van der Waals surface area contributed by atoms with Crippen LogP contribution in [0.5, 0.6) is 0 Å². The summed E-state index contributed by atoms with van der Waals surface area (Å²) in [7, 11) is -8.20. The summed E-state index contributed by atoms with van der Waals surface area (Å²) in [5.41, 5.74) is 0.896. The predicted molar refractivity (Wildman–Crippen MR) is 121 cm³/mol. The summed E-state index contributed by atoms with van der Waals surface area (Å²) in [6.07, 6.45) is 2.52. The normalized spacial score (nSPS) is 14.5. The highest BCUT2D eigenvalue weighted by Gasteiger charge is 2.49. The number of carbonyl (C=O) groups excluding carboxylic acids is 1. The van der Waals surface area contributed by atoms with Crippen LogP contribution in [-0.4, -0.2) is 46.1 Å². The van der Waals surface area contributed by atoms with Crippen LogP contribution in [0.4, 0.5) is 0 Å². The van der Waals surface area contributed by atoms with Gasteiger partial charge in [0.25, 0.3) is 0 Å². The Hall–Kier alpha value is -0.0425. The molecule has 0 heterocycles. The van der Waals surface area contributed by atoms with Crippen molar-refractivity contribution in [3.8, 4) is 0 Å². The Labute approximate surface area is 165 Å². The fourth-order valence-electron chi connectivity index (χ4n) is 2.56. The fraction of sp³-hybridized carbons (Fsp3) is 0.824. The van der Waals surface area contributed by atoms with E-state index in [4.69, 9.17) is 12.3 Å². The largest absolute Gasteiger partial charge is 0.469 e. The monoisotopic (exact) mass is 435 g/mol. The van der Waals surface area contributed by atoms with Crippen LogP contribution in [-0.2, 0) is 17.1 Å². The molecule has 26 heavy (non-hydrogen) atoms. The molecule has 0 rings (SSSR count). The molecule has 0 atom stereocenters. The summed E-state index contributed by atoms with van der Waals surface area (Å²) in [4.78, 5) is 11.2. The maximum absolute atomic E-state index is 11.2. The van der Waals surface area contributed by atoms with Gasteiger partial charge >= 0.3 is 8.80 Å². The van der Waals surface area contributed by atoms with Crippen molar-refractivity contribution >= 4 is 39.5 Å². The first-order valence-corrected chi connectivity index (χ1v) is 21.6. The molecule has 0 saturated carbocycles. The topological polar surface area (TPSA) is 56.8 Å². The van der Waals surface area contributed by atoms with Crippen molar-refractivity contribution in [2.24, 2.45) is 0 Å². The van der Waals surface area contributed by atoms with E-state index in [-0.39, 0.29) is 5.78 Å².